The lowest BCUT2D eigenvalue weighted by Crippen LogP contribution is -2.23. The molecule has 0 aliphatic carbocycles. The fourth-order valence-corrected chi connectivity index (χ4v) is 3.61. The van der Waals surface area contributed by atoms with E-state index in [1.165, 1.54) is 17.2 Å². The van der Waals surface area contributed by atoms with Crippen LogP contribution in [0, 0.1) is 0 Å². The summed E-state index contributed by atoms with van der Waals surface area (Å²) in [6.45, 7) is 2.07. The van der Waals surface area contributed by atoms with E-state index in [1.807, 2.05) is 24.3 Å². The van der Waals surface area contributed by atoms with Gasteiger partial charge in [-0.05, 0) is 65.9 Å². The number of hydrogen-bond acceptors (Lipinski definition) is 6. The third-order valence-corrected chi connectivity index (χ3v) is 5.52. The van der Waals surface area contributed by atoms with Crippen molar-refractivity contribution in [1.29, 1.82) is 0 Å². The highest BCUT2D eigenvalue weighted by molar-refractivity contribution is 5.36. The number of rotatable bonds is 13. The average molecular weight is 452 g/mol. The van der Waals surface area contributed by atoms with Crippen molar-refractivity contribution in [3.8, 4) is 11.5 Å². The standard InChI is InChI=1S/C27H33NO5/c1-32-25-7-3-5-21(15-25)11-13-33-19-22-6-2-4-20(14-22)10-12-28-17-27(31)23-8-9-26(30)24(16-23)18-29/h2-9,14-16,27-31H,10-13,17-19H2,1H3/t27-/m0/s1. The van der Waals surface area contributed by atoms with Crippen molar-refractivity contribution in [3.63, 3.8) is 0 Å². The number of ether oxygens (including phenoxy) is 2. The van der Waals surface area contributed by atoms with Gasteiger partial charge < -0.3 is 30.1 Å². The van der Waals surface area contributed by atoms with Gasteiger partial charge in [-0.25, -0.2) is 0 Å². The lowest BCUT2D eigenvalue weighted by molar-refractivity contribution is 0.124. The second-order valence-corrected chi connectivity index (χ2v) is 7.99. The summed E-state index contributed by atoms with van der Waals surface area (Å²) < 4.78 is 11.1. The SMILES string of the molecule is COc1cccc(CCOCc2cccc(CCNC[C@H](O)c3ccc(O)c(CO)c3)c2)c1. The summed E-state index contributed by atoms with van der Waals surface area (Å²) in [6.07, 6.45) is 0.964. The van der Waals surface area contributed by atoms with Gasteiger partial charge in [-0.15, -0.1) is 0 Å². The topological polar surface area (TPSA) is 91.2 Å². The first kappa shape index (κ1) is 24.7. The van der Waals surface area contributed by atoms with Gasteiger partial charge in [0, 0.05) is 12.1 Å². The van der Waals surface area contributed by atoms with Crippen molar-refractivity contribution >= 4 is 0 Å². The molecule has 33 heavy (non-hydrogen) atoms. The Morgan fingerprint density at radius 2 is 1.67 bits per heavy atom. The van der Waals surface area contributed by atoms with Crippen molar-refractivity contribution in [3.05, 3.63) is 94.5 Å². The molecule has 3 aromatic carbocycles. The molecule has 0 unspecified atom stereocenters. The van der Waals surface area contributed by atoms with E-state index in [2.05, 4.69) is 29.6 Å². The number of aliphatic hydroxyl groups is 2. The third-order valence-electron chi connectivity index (χ3n) is 5.52. The maximum Gasteiger partial charge on any atom is 0.121 e. The van der Waals surface area contributed by atoms with Gasteiger partial charge >= 0.3 is 0 Å². The summed E-state index contributed by atoms with van der Waals surface area (Å²) in [5.74, 6) is 0.893. The van der Waals surface area contributed by atoms with Gasteiger partial charge in [-0.2, -0.15) is 0 Å². The Morgan fingerprint density at radius 3 is 2.45 bits per heavy atom. The highest BCUT2D eigenvalue weighted by atomic mass is 16.5. The Hall–Kier alpha value is -2.90. The van der Waals surface area contributed by atoms with E-state index in [0.29, 0.717) is 30.9 Å². The summed E-state index contributed by atoms with van der Waals surface area (Å²) in [7, 11) is 1.67. The predicted molar refractivity (Wildman–Crippen MR) is 128 cm³/mol. The maximum absolute atomic E-state index is 10.4. The Kier molecular flexibility index (Phi) is 9.72. The van der Waals surface area contributed by atoms with E-state index in [0.717, 1.165) is 30.7 Å². The zero-order valence-electron chi connectivity index (χ0n) is 19.0. The molecule has 0 fully saturated rings. The number of nitrogens with one attached hydrogen (secondary N) is 1. The number of hydrogen-bond donors (Lipinski definition) is 4. The van der Waals surface area contributed by atoms with Crippen LogP contribution in [-0.2, 0) is 30.8 Å². The number of methoxy groups -OCH3 is 1. The van der Waals surface area contributed by atoms with Crippen molar-refractivity contribution < 1.29 is 24.8 Å². The molecule has 0 saturated heterocycles. The van der Waals surface area contributed by atoms with Crippen LogP contribution in [0.1, 0.15) is 33.9 Å². The second kappa shape index (κ2) is 13.0. The van der Waals surface area contributed by atoms with Crippen LogP contribution in [0.5, 0.6) is 11.5 Å². The quantitative estimate of drug-likeness (QED) is 0.297. The first-order chi connectivity index (χ1) is 16.1. The summed E-state index contributed by atoms with van der Waals surface area (Å²) in [6, 6.07) is 21.2. The molecule has 0 heterocycles. The summed E-state index contributed by atoms with van der Waals surface area (Å²) in [4.78, 5) is 0. The highest BCUT2D eigenvalue weighted by Gasteiger charge is 2.10. The van der Waals surface area contributed by atoms with Crippen molar-refractivity contribution in [2.24, 2.45) is 0 Å². The molecule has 0 aliphatic rings. The molecule has 0 aromatic heterocycles. The van der Waals surface area contributed by atoms with Crippen LogP contribution >= 0.6 is 0 Å². The Morgan fingerprint density at radius 1 is 0.909 bits per heavy atom. The minimum absolute atomic E-state index is 0.0329. The van der Waals surface area contributed by atoms with Crippen molar-refractivity contribution in [1.82, 2.24) is 5.32 Å². The third kappa shape index (κ3) is 7.87. The van der Waals surface area contributed by atoms with E-state index in [-0.39, 0.29) is 12.4 Å². The largest absolute Gasteiger partial charge is 0.508 e. The molecule has 176 valence electrons. The lowest BCUT2D eigenvalue weighted by atomic mass is 10.0. The lowest BCUT2D eigenvalue weighted by Gasteiger charge is -2.14. The highest BCUT2D eigenvalue weighted by Crippen LogP contribution is 2.22. The molecular formula is C27H33NO5. The molecule has 0 bridgehead atoms. The maximum atomic E-state index is 10.4. The zero-order chi connectivity index (χ0) is 23.5. The molecule has 6 heteroatoms. The predicted octanol–water partition coefficient (Wildman–Crippen LogP) is 3.52. The van der Waals surface area contributed by atoms with Crippen molar-refractivity contribution in [2.45, 2.75) is 32.2 Å². The van der Waals surface area contributed by atoms with Crippen LogP contribution in [0.15, 0.2) is 66.7 Å². The van der Waals surface area contributed by atoms with Gasteiger partial charge in [0.2, 0.25) is 0 Å². The van der Waals surface area contributed by atoms with Crippen LogP contribution in [0.25, 0.3) is 0 Å². The van der Waals surface area contributed by atoms with E-state index in [1.54, 1.807) is 19.2 Å². The van der Waals surface area contributed by atoms with Gasteiger partial charge in [0.15, 0.2) is 0 Å². The molecule has 3 rings (SSSR count). The van der Waals surface area contributed by atoms with Gasteiger partial charge in [-0.1, -0.05) is 42.5 Å². The van der Waals surface area contributed by atoms with Crippen LogP contribution in [0.3, 0.4) is 0 Å². The molecule has 0 spiro atoms. The number of aliphatic hydroxyl groups excluding tert-OH is 2. The monoisotopic (exact) mass is 451 g/mol. The molecule has 0 aliphatic heterocycles. The summed E-state index contributed by atoms with van der Waals surface area (Å²) >= 11 is 0. The summed E-state index contributed by atoms with van der Waals surface area (Å²) in [5.41, 5.74) is 4.61. The van der Waals surface area contributed by atoms with E-state index < -0.39 is 6.10 Å². The van der Waals surface area contributed by atoms with Crippen LogP contribution in [0.4, 0.5) is 0 Å². The van der Waals surface area contributed by atoms with Crippen molar-refractivity contribution in [2.75, 3.05) is 26.8 Å². The molecule has 0 saturated carbocycles. The molecule has 0 radical (unpaired) electrons. The Labute approximate surface area is 195 Å². The van der Waals surface area contributed by atoms with E-state index in [4.69, 9.17) is 9.47 Å². The molecule has 4 N–H and O–H groups in total. The van der Waals surface area contributed by atoms with Gasteiger partial charge in [0.25, 0.3) is 0 Å². The number of phenols is 1. The molecule has 3 aromatic rings. The first-order valence-electron chi connectivity index (χ1n) is 11.2. The van der Waals surface area contributed by atoms with Gasteiger partial charge in [0.05, 0.1) is 33.0 Å². The normalized spacial score (nSPS) is 12.0. The number of aromatic hydroxyl groups is 1. The average Bonchev–Trinajstić information content (AvgIpc) is 2.85. The number of benzene rings is 3. The van der Waals surface area contributed by atoms with Crippen LogP contribution in [0.2, 0.25) is 0 Å². The van der Waals surface area contributed by atoms with Crippen LogP contribution in [-0.4, -0.2) is 42.1 Å². The smallest absolute Gasteiger partial charge is 0.121 e. The van der Waals surface area contributed by atoms with Crippen LogP contribution < -0.4 is 10.1 Å². The van der Waals surface area contributed by atoms with Gasteiger partial charge in [0.1, 0.15) is 11.5 Å². The van der Waals surface area contributed by atoms with E-state index in [9.17, 15) is 15.3 Å². The summed E-state index contributed by atoms with van der Waals surface area (Å²) in [5, 5.41) is 32.5. The fourth-order valence-electron chi connectivity index (χ4n) is 3.61. The molecule has 1 atom stereocenters. The Balaban J connectivity index is 1.38. The fraction of sp³-hybridized carbons (Fsp3) is 0.333. The molecule has 6 nitrogen and oxygen atoms in total. The minimum Gasteiger partial charge on any atom is -0.508 e. The zero-order valence-corrected chi connectivity index (χ0v) is 19.0. The minimum atomic E-state index is -0.708. The second-order valence-electron chi connectivity index (χ2n) is 7.99. The Bertz CT molecular complexity index is 1010. The van der Waals surface area contributed by atoms with E-state index >= 15 is 0 Å². The molecular weight excluding hydrogens is 418 g/mol. The van der Waals surface area contributed by atoms with Gasteiger partial charge in [-0.3, -0.25) is 0 Å². The molecule has 0 amide bonds. The first-order valence-corrected chi connectivity index (χ1v) is 11.2.